The molecule has 0 N–H and O–H groups in total. The van der Waals surface area contributed by atoms with Crippen LogP contribution in [0.25, 0.3) is 56.4 Å². The standard InChI is InChI=1S/C39H34BN3O2/c1-38(2)39(3,4)45-40(44-38)34-20-12-18-32(26-34)31-17-11-19-33(25-31)37-42-35(29-15-9-6-10-16-29)41-36(43-37)30-23-21-28(22-24-30)27-13-7-5-8-14-27/h5-26H,1-4H3. The van der Waals surface area contributed by atoms with Crippen LogP contribution < -0.4 is 5.46 Å². The fourth-order valence-corrected chi connectivity index (χ4v) is 5.47. The van der Waals surface area contributed by atoms with Gasteiger partial charge in [0, 0.05) is 16.7 Å². The van der Waals surface area contributed by atoms with Crippen molar-refractivity contribution in [3.8, 4) is 56.4 Å². The lowest BCUT2D eigenvalue weighted by molar-refractivity contribution is 0.00578. The van der Waals surface area contributed by atoms with Gasteiger partial charge in [0.25, 0.3) is 0 Å². The van der Waals surface area contributed by atoms with Gasteiger partial charge in [0.15, 0.2) is 17.5 Å². The maximum Gasteiger partial charge on any atom is 0.494 e. The van der Waals surface area contributed by atoms with Crippen LogP contribution in [0.3, 0.4) is 0 Å². The van der Waals surface area contributed by atoms with Crippen LogP contribution in [0.2, 0.25) is 0 Å². The van der Waals surface area contributed by atoms with Crippen LogP contribution in [0.15, 0.2) is 133 Å². The van der Waals surface area contributed by atoms with Crippen molar-refractivity contribution in [3.05, 3.63) is 133 Å². The SMILES string of the molecule is CC1(C)OB(c2cccc(-c3cccc(-c4nc(-c5ccccc5)nc(-c5ccc(-c6ccccc6)cc5)n4)c3)c2)OC1(C)C. The second-order valence-electron chi connectivity index (χ2n) is 12.4. The summed E-state index contributed by atoms with van der Waals surface area (Å²) in [6.45, 7) is 8.30. The molecule has 220 valence electrons. The summed E-state index contributed by atoms with van der Waals surface area (Å²) in [6.07, 6.45) is 0. The average Bonchev–Trinajstić information content (AvgIpc) is 3.31. The molecule has 5 nitrogen and oxygen atoms in total. The van der Waals surface area contributed by atoms with Crippen molar-refractivity contribution in [2.75, 3.05) is 0 Å². The van der Waals surface area contributed by atoms with Gasteiger partial charge in [0.1, 0.15) is 0 Å². The number of aromatic nitrogens is 3. The van der Waals surface area contributed by atoms with Gasteiger partial charge in [-0.05, 0) is 61.5 Å². The molecule has 0 radical (unpaired) electrons. The van der Waals surface area contributed by atoms with Crippen LogP contribution in [0, 0.1) is 0 Å². The Morgan fingerprint density at radius 2 is 0.800 bits per heavy atom. The summed E-state index contributed by atoms with van der Waals surface area (Å²) in [7, 11) is -0.425. The van der Waals surface area contributed by atoms with Gasteiger partial charge in [-0.2, -0.15) is 0 Å². The predicted octanol–water partition coefficient (Wildman–Crippen LogP) is 8.51. The molecule has 0 atom stereocenters. The molecule has 7 rings (SSSR count). The highest BCUT2D eigenvalue weighted by Gasteiger charge is 2.51. The molecule has 1 fully saturated rings. The maximum atomic E-state index is 6.33. The number of benzene rings is 5. The first-order valence-corrected chi connectivity index (χ1v) is 15.3. The summed E-state index contributed by atoms with van der Waals surface area (Å²) in [5.41, 5.74) is 7.41. The molecule has 45 heavy (non-hydrogen) atoms. The highest BCUT2D eigenvalue weighted by molar-refractivity contribution is 6.62. The van der Waals surface area contributed by atoms with Crippen molar-refractivity contribution in [3.63, 3.8) is 0 Å². The van der Waals surface area contributed by atoms with Gasteiger partial charge < -0.3 is 9.31 Å². The average molecular weight is 588 g/mol. The zero-order valence-electron chi connectivity index (χ0n) is 25.9. The molecule has 0 amide bonds. The molecule has 1 aliphatic rings. The van der Waals surface area contributed by atoms with E-state index in [4.69, 9.17) is 24.3 Å². The molecular weight excluding hydrogens is 553 g/mol. The lowest BCUT2D eigenvalue weighted by Crippen LogP contribution is -2.41. The van der Waals surface area contributed by atoms with Crippen LogP contribution in [-0.4, -0.2) is 33.3 Å². The van der Waals surface area contributed by atoms with Crippen molar-refractivity contribution < 1.29 is 9.31 Å². The molecule has 2 heterocycles. The second-order valence-corrected chi connectivity index (χ2v) is 12.4. The molecule has 0 aliphatic carbocycles. The van der Waals surface area contributed by atoms with Crippen LogP contribution in [-0.2, 0) is 9.31 Å². The third kappa shape index (κ3) is 5.83. The summed E-state index contributed by atoms with van der Waals surface area (Å²) in [4.78, 5) is 14.8. The van der Waals surface area contributed by atoms with Gasteiger partial charge in [-0.15, -0.1) is 0 Å². The van der Waals surface area contributed by atoms with Crippen molar-refractivity contribution in [1.82, 2.24) is 15.0 Å². The van der Waals surface area contributed by atoms with Gasteiger partial charge in [-0.3, -0.25) is 0 Å². The molecule has 1 saturated heterocycles. The molecule has 6 heteroatoms. The lowest BCUT2D eigenvalue weighted by atomic mass is 9.78. The molecule has 1 aromatic heterocycles. The first kappa shape index (κ1) is 28.8. The van der Waals surface area contributed by atoms with Gasteiger partial charge in [-0.25, -0.2) is 15.0 Å². The summed E-state index contributed by atoms with van der Waals surface area (Å²) >= 11 is 0. The summed E-state index contributed by atoms with van der Waals surface area (Å²) in [5, 5.41) is 0. The first-order chi connectivity index (χ1) is 21.8. The highest BCUT2D eigenvalue weighted by Crippen LogP contribution is 2.37. The highest BCUT2D eigenvalue weighted by atomic mass is 16.7. The molecule has 0 spiro atoms. The van der Waals surface area contributed by atoms with E-state index < -0.39 is 18.3 Å². The Bertz CT molecular complexity index is 1940. The van der Waals surface area contributed by atoms with Gasteiger partial charge in [0.05, 0.1) is 11.2 Å². The van der Waals surface area contributed by atoms with Gasteiger partial charge in [0.2, 0.25) is 0 Å². The zero-order valence-corrected chi connectivity index (χ0v) is 25.9. The van der Waals surface area contributed by atoms with E-state index in [1.165, 1.54) is 5.56 Å². The molecule has 0 bridgehead atoms. The van der Waals surface area contributed by atoms with E-state index in [9.17, 15) is 0 Å². The smallest absolute Gasteiger partial charge is 0.399 e. The van der Waals surface area contributed by atoms with E-state index >= 15 is 0 Å². The fraction of sp³-hybridized carbons (Fsp3) is 0.154. The van der Waals surface area contributed by atoms with Crippen LogP contribution in [0.5, 0.6) is 0 Å². The second kappa shape index (κ2) is 11.5. The van der Waals surface area contributed by atoms with Crippen LogP contribution >= 0.6 is 0 Å². The normalized spacial score (nSPS) is 15.2. The molecule has 6 aromatic rings. The zero-order chi connectivity index (χ0) is 31.0. The number of nitrogens with zero attached hydrogens (tertiary/aromatic N) is 3. The Morgan fingerprint density at radius 3 is 1.40 bits per heavy atom. The quantitative estimate of drug-likeness (QED) is 0.183. The van der Waals surface area contributed by atoms with E-state index in [1.807, 2.05) is 48.5 Å². The Labute approximate surface area is 265 Å². The monoisotopic (exact) mass is 587 g/mol. The van der Waals surface area contributed by atoms with E-state index in [2.05, 4.69) is 113 Å². The topological polar surface area (TPSA) is 57.1 Å². The largest absolute Gasteiger partial charge is 0.494 e. The van der Waals surface area contributed by atoms with Crippen molar-refractivity contribution in [2.24, 2.45) is 0 Å². The number of rotatable bonds is 6. The molecule has 0 saturated carbocycles. The van der Waals surface area contributed by atoms with Crippen molar-refractivity contribution in [2.45, 2.75) is 38.9 Å². The minimum atomic E-state index is -0.425. The van der Waals surface area contributed by atoms with Gasteiger partial charge >= 0.3 is 7.12 Å². The Morgan fingerprint density at radius 1 is 0.400 bits per heavy atom. The third-order valence-electron chi connectivity index (χ3n) is 8.78. The summed E-state index contributed by atoms with van der Waals surface area (Å²) in [6, 6.07) is 45.5. The minimum absolute atomic E-state index is 0.400. The molecule has 5 aromatic carbocycles. The lowest BCUT2D eigenvalue weighted by Gasteiger charge is -2.32. The summed E-state index contributed by atoms with van der Waals surface area (Å²) in [5.74, 6) is 1.89. The maximum absolute atomic E-state index is 6.33. The van der Waals surface area contributed by atoms with E-state index in [0.29, 0.717) is 17.5 Å². The number of hydrogen-bond donors (Lipinski definition) is 0. The first-order valence-electron chi connectivity index (χ1n) is 15.3. The van der Waals surface area contributed by atoms with Gasteiger partial charge in [-0.1, -0.05) is 127 Å². The van der Waals surface area contributed by atoms with Crippen molar-refractivity contribution in [1.29, 1.82) is 0 Å². The molecule has 0 unspecified atom stereocenters. The van der Waals surface area contributed by atoms with Crippen LogP contribution in [0.4, 0.5) is 0 Å². The fourth-order valence-electron chi connectivity index (χ4n) is 5.47. The Balaban J connectivity index is 1.26. The van der Waals surface area contributed by atoms with E-state index in [0.717, 1.165) is 38.8 Å². The predicted molar refractivity (Wildman–Crippen MR) is 183 cm³/mol. The molecular formula is C39H34BN3O2. The van der Waals surface area contributed by atoms with Crippen molar-refractivity contribution >= 4 is 12.6 Å². The van der Waals surface area contributed by atoms with E-state index in [-0.39, 0.29) is 0 Å². The summed E-state index contributed by atoms with van der Waals surface area (Å²) < 4.78 is 12.7. The van der Waals surface area contributed by atoms with Crippen LogP contribution in [0.1, 0.15) is 27.7 Å². The molecule has 1 aliphatic heterocycles. The third-order valence-corrected chi connectivity index (χ3v) is 8.78. The van der Waals surface area contributed by atoms with E-state index in [1.54, 1.807) is 0 Å². The Hall–Kier alpha value is -4.91. The minimum Gasteiger partial charge on any atom is -0.399 e. The number of hydrogen-bond acceptors (Lipinski definition) is 5. The Kier molecular flexibility index (Phi) is 7.40.